The monoisotopic (exact) mass is 1090 g/mol. The Morgan fingerprint density at radius 1 is 0.253 bits per heavy atom. The average Bonchev–Trinajstić information content (AvgIpc) is 3.45. The number of hydrogen-bond donors (Lipinski definition) is 0. The Hall–Kier alpha value is -4.45. The molecule has 0 aliphatic carbocycles. The van der Waals surface area contributed by atoms with Crippen LogP contribution in [0.15, 0.2) is 134 Å². The lowest BCUT2D eigenvalue weighted by Gasteiger charge is -2.18. The molecule has 0 amide bonds. The van der Waals surface area contributed by atoms with E-state index in [-0.39, 0.29) is 37.5 Å². The fourth-order valence-corrected chi connectivity index (χ4v) is 8.85. The van der Waals surface area contributed by atoms with Gasteiger partial charge in [0.25, 0.3) is 0 Å². The van der Waals surface area contributed by atoms with Crippen molar-refractivity contribution in [3.05, 3.63) is 134 Å². The van der Waals surface area contributed by atoms with Crippen LogP contribution in [0.4, 0.5) is 0 Å². The summed E-state index contributed by atoms with van der Waals surface area (Å²) < 4.78 is 16.9. The van der Waals surface area contributed by atoms with Crippen molar-refractivity contribution in [1.29, 1.82) is 0 Å². The summed E-state index contributed by atoms with van der Waals surface area (Å²) in [6.45, 7) is 6.26. The van der Waals surface area contributed by atoms with Crippen molar-refractivity contribution in [2.75, 3.05) is 13.2 Å². The topological polar surface area (TPSA) is 78.9 Å². The molecule has 0 heterocycles. The van der Waals surface area contributed by atoms with Gasteiger partial charge in [0.15, 0.2) is 6.10 Å². The Bertz CT molecular complexity index is 1680. The van der Waals surface area contributed by atoms with Crippen LogP contribution in [0.1, 0.15) is 290 Å². The van der Waals surface area contributed by atoms with Crippen molar-refractivity contribution in [3.63, 3.8) is 0 Å². The predicted octanol–water partition coefficient (Wildman–Crippen LogP) is 22.5. The summed E-state index contributed by atoms with van der Waals surface area (Å²) in [5.74, 6) is -0.957. The second kappa shape index (κ2) is 66.1. The van der Waals surface area contributed by atoms with Crippen LogP contribution in [0.5, 0.6) is 0 Å². The van der Waals surface area contributed by atoms with E-state index in [4.69, 9.17) is 14.2 Å². The third-order valence-electron chi connectivity index (χ3n) is 13.6. The van der Waals surface area contributed by atoms with Gasteiger partial charge in [-0.1, -0.05) is 276 Å². The van der Waals surface area contributed by atoms with Gasteiger partial charge in [0.1, 0.15) is 13.2 Å². The molecule has 0 N–H and O–H groups in total. The lowest BCUT2D eigenvalue weighted by atomic mass is 10.0. The molecular weight excluding hydrogens is 973 g/mol. The van der Waals surface area contributed by atoms with Crippen LogP contribution in [0.25, 0.3) is 0 Å². The molecule has 0 bridgehead atoms. The first-order valence-electron chi connectivity index (χ1n) is 32.7. The van der Waals surface area contributed by atoms with Crippen molar-refractivity contribution in [2.24, 2.45) is 0 Å². The minimum Gasteiger partial charge on any atom is -0.462 e. The highest BCUT2D eigenvalue weighted by Crippen LogP contribution is 2.16. The van der Waals surface area contributed by atoms with Crippen LogP contribution in [0, 0.1) is 0 Å². The number of hydrogen-bond acceptors (Lipinski definition) is 6. The molecule has 0 fully saturated rings. The molecule has 1 atom stereocenters. The number of carbonyl (C=O) groups is 3. The number of rotatable bonds is 58. The fraction of sp³-hybridized carbons (Fsp3) is 0.658. The van der Waals surface area contributed by atoms with Gasteiger partial charge in [-0.2, -0.15) is 0 Å². The van der Waals surface area contributed by atoms with E-state index in [9.17, 15) is 14.4 Å². The Balaban J connectivity index is 4.25. The van der Waals surface area contributed by atoms with Gasteiger partial charge >= 0.3 is 17.9 Å². The van der Waals surface area contributed by atoms with Gasteiger partial charge in [0.2, 0.25) is 0 Å². The van der Waals surface area contributed by atoms with E-state index < -0.39 is 6.10 Å². The van der Waals surface area contributed by atoms with Crippen molar-refractivity contribution >= 4 is 17.9 Å². The van der Waals surface area contributed by atoms with Gasteiger partial charge in [0, 0.05) is 19.3 Å². The number of allylic oxidation sites excluding steroid dienone is 22. The third-order valence-corrected chi connectivity index (χ3v) is 13.6. The first-order valence-corrected chi connectivity index (χ1v) is 32.7. The van der Waals surface area contributed by atoms with Crippen LogP contribution < -0.4 is 0 Å². The van der Waals surface area contributed by atoms with Crippen LogP contribution >= 0.6 is 0 Å². The van der Waals surface area contributed by atoms with E-state index >= 15 is 0 Å². The first kappa shape index (κ1) is 74.5. The maximum Gasteiger partial charge on any atom is 0.306 e. The summed E-state index contributed by atoms with van der Waals surface area (Å²) in [5, 5.41) is 0. The molecule has 0 saturated heterocycles. The number of esters is 3. The van der Waals surface area contributed by atoms with Gasteiger partial charge in [-0.15, -0.1) is 0 Å². The number of carbonyl (C=O) groups excluding carboxylic acids is 3. The summed E-state index contributed by atoms with van der Waals surface area (Å²) in [7, 11) is 0. The van der Waals surface area contributed by atoms with Gasteiger partial charge in [-0.3, -0.25) is 14.4 Å². The van der Waals surface area contributed by atoms with E-state index in [1.54, 1.807) is 0 Å². The summed E-state index contributed by atoms with van der Waals surface area (Å²) in [5.41, 5.74) is 0. The molecule has 6 heteroatoms. The number of ether oxygens (including phenoxy) is 3. The molecule has 0 spiro atoms. The van der Waals surface area contributed by atoms with Gasteiger partial charge in [-0.25, -0.2) is 0 Å². The smallest absolute Gasteiger partial charge is 0.306 e. The second-order valence-electron chi connectivity index (χ2n) is 21.2. The molecule has 0 radical (unpaired) electrons. The number of unbranched alkanes of at least 4 members (excludes halogenated alkanes) is 25. The molecule has 0 saturated carbocycles. The molecule has 0 aromatic heterocycles. The Labute approximate surface area is 487 Å². The van der Waals surface area contributed by atoms with Crippen molar-refractivity contribution in [1.82, 2.24) is 0 Å². The summed E-state index contributed by atoms with van der Waals surface area (Å²) >= 11 is 0. The van der Waals surface area contributed by atoms with Crippen LogP contribution in [0.2, 0.25) is 0 Å². The second-order valence-corrected chi connectivity index (χ2v) is 21.2. The van der Waals surface area contributed by atoms with Gasteiger partial charge < -0.3 is 14.2 Å². The summed E-state index contributed by atoms with van der Waals surface area (Å²) in [6.07, 6.45) is 93.4. The quantitative estimate of drug-likeness (QED) is 0.0261. The maximum absolute atomic E-state index is 12.9. The molecule has 79 heavy (non-hydrogen) atoms. The molecule has 448 valence electrons. The van der Waals surface area contributed by atoms with E-state index in [2.05, 4.69) is 154 Å². The van der Waals surface area contributed by atoms with Crippen molar-refractivity contribution in [3.8, 4) is 0 Å². The maximum atomic E-state index is 12.9. The zero-order chi connectivity index (χ0) is 57.1. The Morgan fingerprint density at radius 3 is 0.734 bits per heavy atom. The lowest BCUT2D eigenvalue weighted by Crippen LogP contribution is -2.30. The largest absolute Gasteiger partial charge is 0.462 e. The predicted molar refractivity (Wildman–Crippen MR) is 343 cm³/mol. The summed E-state index contributed by atoms with van der Waals surface area (Å²) in [4.78, 5) is 38.3. The van der Waals surface area contributed by atoms with Gasteiger partial charge in [0.05, 0.1) is 0 Å². The lowest BCUT2D eigenvalue weighted by molar-refractivity contribution is -0.167. The highest BCUT2D eigenvalue weighted by molar-refractivity contribution is 5.71. The van der Waals surface area contributed by atoms with E-state index in [1.165, 1.54) is 103 Å². The molecule has 0 aromatic carbocycles. The van der Waals surface area contributed by atoms with Crippen LogP contribution in [-0.4, -0.2) is 37.2 Å². The normalized spacial score (nSPS) is 13.0. The molecule has 0 aromatic rings. The van der Waals surface area contributed by atoms with Crippen molar-refractivity contribution < 1.29 is 28.6 Å². The van der Waals surface area contributed by atoms with Crippen molar-refractivity contribution in [2.45, 2.75) is 297 Å². The molecule has 6 nitrogen and oxygen atoms in total. The van der Waals surface area contributed by atoms with Crippen LogP contribution in [-0.2, 0) is 28.6 Å². The minimum absolute atomic E-state index is 0.102. The zero-order valence-corrected chi connectivity index (χ0v) is 51.3. The third kappa shape index (κ3) is 64.3. The Kier molecular flexibility index (Phi) is 62.3. The standard InChI is InChI=1S/C73H120O6/c1-4-7-10-13-16-19-22-25-28-29-30-31-32-33-34-35-36-37-38-39-40-41-42-43-46-48-51-54-57-60-63-66-72(75)78-69-70(79-73(76)67-64-61-58-55-52-49-45-27-24-21-18-15-12-9-6-3)68-77-71(74)65-62-59-56-53-50-47-44-26-23-20-17-14-11-8-5-2/h7-12,16-21,25-28,30-31,44-45,52,55,70H,4-6,13-15,22-24,29,32-43,46-51,53-54,56-69H2,1-3H3/b10-7-,11-8-,12-9-,19-16-,20-17-,21-18-,28-25-,31-30-,44-26-,45-27-,55-52-. The molecule has 0 aliphatic heterocycles. The SMILES string of the molecule is CC/C=C\C/C=C\C/C=C\C/C=C\CCCCCCCCCCCCCCCCCCCCC(=O)OCC(COC(=O)CCCCCCC/C=C\C/C=C\C/C=C\CC)OC(=O)CCCC/C=C\C/C=C\C/C=C\C/C=C\CC. The molecule has 0 rings (SSSR count). The van der Waals surface area contributed by atoms with E-state index in [1.807, 2.05) is 0 Å². The highest BCUT2D eigenvalue weighted by Gasteiger charge is 2.19. The van der Waals surface area contributed by atoms with Gasteiger partial charge in [-0.05, 0) is 128 Å². The highest BCUT2D eigenvalue weighted by atomic mass is 16.6. The van der Waals surface area contributed by atoms with Crippen LogP contribution in [0.3, 0.4) is 0 Å². The van der Waals surface area contributed by atoms with E-state index in [0.717, 1.165) is 141 Å². The Morgan fingerprint density at radius 2 is 0.456 bits per heavy atom. The first-order chi connectivity index (χ1) is 39.0. The minimum atomic E-state index is -0.811. The molecular formula is C73H120O6. The molecule has 0 aliphatic rings. The fourth-order valence-electron chi connectivity index (χ4n) is 8.85. The average molecular weight is 1090 g/mol. The summed E-state index contributed by atoms with van der Waals surface area (Å²) in [6, 6.07) is 0. The zero-order valence-electron chi connectivity index (χ0n) is 51.3. The molecule has 1 unspecified atom stereocenters. The van der Waals surface area contributed by atoms with E-state index in [0.29, 0.717) is 19.3 Å².